The number of nitriles is 1. The Morgan fingerprint density at radius 3 is 2.60 bits per heavy atom. The maximum absolute atomic E-state index is 11.0. The first-order chi connectivity index (χ1) is 7.14. The van der Waals surface area contributed by atoms with Crippen LogP contribution in [0.1, 0.15) is 5.56 Å². The highest BCUT2D eigenvalue weighted by Crippen LogP contribution is 1.99. The smallest absolute Gasteiger partial charge is 0.246 e. The van der Waals surface area contributed by atoms with Crippen LogP contribution < -0.4 is 4.89 Å². The van der Waals surface area contributed by atoms with Crippen molar-refractivity contribution in [1.82, 2.24) is 4.89 Å². The van der Waals surface area contributed by atoms with Crippen molar-refractivity contribution in [3.8, 4) is 6.07 Å². The molecule has 0 amide bonds. The summed E-state index contributed by atoms with van der Waals surface area (Å²) in [4.78, 5) is 6.61. The summed E-state index contributed by atoms with van der Waals surface area (Å²) in [5.41, 5.74) is 0.845. The van der Waals surface area contributed by atoms with Crippen molar-refractivity contribution in [2.75, 3.05) is 5.75 Å². The summed E-state index contributed by atoms with van der Waals surface area (Å²) in [6.45, 7) is 0.130. The monoisotopic (exact) mass is 226 g/mol. The molecule has 1 aromatic rings. The first-order valence-electron chi connectivity index (χ1n) is 4.16. The lowest BCUT2D eigenvalue weighted by Gasteiger charge is -2.04. The third kappa shape index (κ3) is 4.56. The van der Waals surface area contributed by atoms with Crippen molar-refractivity contribution in [3.63, 3.8) is 0 Å². The second kappa shape index (κ2) is 5.46. The van der Waals surface area contributed by atoms with Gasteiger partial charge in [0.25, 0.3) is 0 Å². The van der Waals surface area contributed by atoms with E-state index in [0.717, 1.165) is 5.56 Å². The largest absolute Gasteiger partial charge is 0.282 e. The molecule has 0 fully saturated rings. The molecule has 1 aromatic carbocycles. The van der Waals surface area contributed by atoms with E-state index in [-0.39, 0.29) is 6.61 Å². The normalized spacial score (nSPS) is 10.9. The Labute approximate surface area is 88.3 Å². The van der Waals surface area contributed by atoms with Crippen molar-refractivity contribution in [1.29, 1.82) is 5.26 Å². The van der Waals surface area contributed by atoms with E-state index < -0.39 is 15.8 Å². The Bertz CT molecular complexity index is 436. The molecule has 0 atom stereocenters. The zero-order valence-electron chi connectivity index (χ0n) is 7.88. The Balaban J connectivity index is 2.38. The maximum atomic E-state index is 11.0. The van der Waals surface area contributed by atoms with Gasteiger partial charge in [-0.1, -0.05) is 35.2 Å². The molecule has 0 radical (unpaired) electrons. The highest BCUT2D eigenvalue weighted by Gasteiger charge is 2.08. The van der Waals surface area contributed by atoms with E-state index in [1.165, 1.54) is 6.07 Å². The number of rotatable bonds is 5. The topological polar surface area (TPSA) is 79.2 Å². The van der Waals surface area contributed by atoms with Gasteiger partial charge < -0.3 is 0 Å². The Hall–Kier alpha value is -1.42. The van der Waals surface area contributed by atoms with E-state index in [9.17, 15) is 8.42 Å². The second-order valence-electron chi connectivity index (χ2n) is 2.77. The van der Waals surface area contributed by atoms with Gasteiger partial charge >= 0.3 is 0 Å². The third-order valence-electron chi connectivity index (χ3n) is 1.52. The van der Waals surface area contributed by atoms with Crippen LogP contribution in [0.5, 0.6) is 0 Å². The van der Waals surface area contributed by atoms with E-state index in [2.05, 4.69) is 0 Å². The van der Waals surface area contributed by atoms with Gasteiger partial charge in [-0.05, 0) is 5.56 Å². The molecule has 0 unspecified atom stereocenters. The van der Waals surface area contributed by atoms with Crippen LogP contribution in [-0.2, 0) is 21.5 Å². The Morgan fingerprint density at radius 1 is 1.33 bits per heavy atom. The molecule has 6 heteroatoms. The van der Waals surface area contributed by atoms with Gasteiger partial charge in [0.05, 0.1) is 12.7 Å². The summed E-state index contributed by atoms with van der Waals surface area (Å²) in [7, 11) is -3.64. The van der Waals surface area contributed by atoms with Gasteiger partial charge in [-0.2, -0.15) is 5.26 Å². The van der Waals surface area contributed by atoms with Crippen molar-refractivity contribution in [3.05, 3.63) is 35.9 Å². The molecule has 15 heavy (non-hydrogen) atoms. The van der Waals surface area contributed by atoms with E-state index in [4.69, 9.17) is 10.1 Å². The summed E-state index contributed by atoms with van der Waals surface area (Å²) in [5.74, 6) is -0.609. The Kier molecular flexibility index (Phi) is 4.24. The van der Waals surface area contributed by atoms with E-state index in [0.29, 0.717) is 0 Å². The lowest BCUT2D eigenvalue weighted by molar-refractivity contribution is 0.0798. The highest BCUT2D eigenvalue weighted by atomic mass is 32.2. The molecule has 80 valence electrons. The second-order valence-corrected chi connectivity index (χ2v) is 4.46. The van der Waals surface area contributed by atoms with Gasteiger partial charge in [-0.15, -0.1) is 0 Å². The van der Waals surface area contributed by atoms with Gasteiger partial charge in [0, 0.05) is 0 Å². The summed E-state index contributed by atoms with van der Waals surface area (Å²) in [5, 5.41) is 8.19. The maximum Gasteiger partial charge on any atom is 0.246 e. The van der Waals surface area contributed by atoms with Gasteiger partial charge in [0.1, 0.15) is 0 Å². The number of hydrogen-bond donors (Lipinski definition) is 1. The van der Waals surface area contributed by atoms with Crippen LogP contribution in [-0.4, -0.2) is 14.2 Å². The molecule has 0 bridgehead atoms. The molecule has 0 saturated heterocycles. The lowest BCUT2D eigenvalue weighted by Crippen LogP contribution is -2.25. The SMILES string of the molecule is N#CCS(=O)(=O)NOCc1ccccc1. The summed E-state index contributed by atoms with van der Waals surface area (Å²) < 4.78 is 21.9. The molecule has 0 aliphatic carbocycles. The van der Waals surface area contributed by atoms with Crippen LogP contribution in [0.25, 0.3) is 0 Å². The first-order valence-corrected chi connectivity index (χ1v) is 5.81. The van der Waals surface area contributed by atoms with Gasteiger partial charge in [-0.25, -0.2) is 8.42 Å². The molecule has 5 nitrogen and oxygen atoms in total. The zero-order valence-corrected chi connectivity index (χ0v) is 8.70. The predicted octanol–water partition coefficient (Wildman–Crippen LogP) is 0.561. The molecule has 0 spiro atoms. The molecule has 0 saturated carbocycles. The number of nitrogens with zero attached hydrogens (tertiary/aromatic N) is 1. The van der Waals surface area contributed by atoms with E-state index in [1.807, 2.05) is 23.1 Å². The van der Waals surface area contributed by atoms with Gasteiger partial charge in [0.2, 0.25) is 10.0 Å². The van der Waals surface area contributed by atoms with E-state index >= 15 is 0 Å². The van der Waals surface area contributed by atoms with Crippen LogP contribution >= 0.6 is 0 Å². The molecule has 0 aliphatic heterocycles. The van der Waals surface area contributed by atoms with Crippen LogP contribution in [0.15, 0.2) is 30.3 Å². The minimum absolute atomic E-state index is 0.130. The molecule has 0 aliphatic rings. The number of benzene rings is 1. The first kappa shape index (κ1) is 11.7. The molecule has 1 rings (SSSR count). The van der Waals surface area contributed by atoms with Crippen LogP contribution in [0.2, 0.25) is 0 Å². The van der Waals surface area contributed by atoms with Crippen LogP contribution in [0.4, 0.5) is 0 Å². The average molecular weight is 226 g/mol. The van der Waals surface area contributed by atoms with Crippen molar-refractivity contribution in [2.24, 2.45) is 0 Å². The summed E-state index contributed by atoms with van der Waals surface area (Å²) in [6.07, 6.45) is 0. The minimum atomic E-state index is -3.64. The molecular weight excluding hydrogens is 216 g/mol. The molecule has 0 heterocycles. The lowest BCUT2D eigenvalue weighted by atomic mass is 10.2. The molecule has 0 aromatic heterocycles. The fraction of sp³-hybridized carbons (Fsp3) is 0.222. The molecule has 1 N–H and O–H groups in total. The minimum Gasteiger partial charge on any atom is -0.282 e. The fourth-order valence-electron chi connectivity index (χ4n) is 0.891. The summed E-state index contributed by atoms with van der Waals surface area (Å²) in [6, 6.07) is 10.6. The van der Waals surface area contributed by atoms with Crippen LogP contribution in [0, 0.1) is 11.3 Å². The van der Waals surface area contributed by atoms with Crippen molar-refractivity contribution < 1.29 is 13.3 Å². The highest BCUT2D eigenvalue weighted by molar-refractivity contribution is 7.89. The quantitative estimate of drug-likeness (QED) is 0.744. The van der Waals surface area contributed by atoms with Crippen molar-refractivity contribution in [2.45, 2.75) is 6.61 Å². The third-order valence-corrected chi connectivity index (χ3v) is 2.40. The number of nitrogens with one attached hydrogen (secondary N) is 1. The zero-order chi connectivity index (χ0) is 11.1. The summed E-state index contributed by atoms with van der Waals surface area (Å²) >= 11 is 0. The predicted molar refractivity (Wildman–Crippen MR) is 53.8 cm³/mol. The van der Waals surface area contributed by atoms with Crippen LogP contribution in [0.3, 0.4) is 0 Å². The average Bonchev–Trinajstić information content (AvgIpc) is 2.19. The van der Waals surface area contributed by atoms with Gasteiger partial charge in [-0.3, -0.25) is 4.84 Å². The van der Waals surface area contributed by atoms with E-state index in [1.54, 1.807) is 12.1 Å². The Morgan fingerprint density at radius 2 is 2.00 bits per heavy atom. The molecular formula is C9H10N2O3S. The van der Waals surface area contributed by atoms with Gasteiger partial charge in [0.15, 0.2) is 5.75 Å². The number of hydrogen-bond acceptors (Lipinski definition) is 4. The standard InChI is InChI=1S/C9H10N2O3S/c10-6-7-15(12,13)11-14-8-9-4-2-1-3-5-9/h1-5,11H,7-8H2. The fourth-order valence-corrected chi connectivity index (χ4v) is 1.36. The van der Waals surface area contributed by atoms with Crippen molar-refractivity contribution >= 4 is 10.0 Å². The number of sulfonamides is 1.